The maximum absolute atomic E-state index is 13.5. The van der Waals surface area contributed by atoms with Crippen molar-refractivity contribution in [2.75, 3.05) is 47.1 Å². The second-order valence-corrected chi connectivity index (χ2v) is 9.38. The molecule has 180 valence electrons. The maximum Gasteiger partial charge on any atom is 0.242 e. The smallest absolute Gasteiger partial charge is 0.242 e. The van der Waals surface area contributed by atoms with E-state index in [9.17, 15) is 9.59 Å². The lowest BCUT2D eigenvalue weighted by Gasteiger charge is -2.37. The number of methoxy groups -OCH3 is 2. The minimum Gasteiger partial charge on any atom is -0.493 e. The normalized spacial score (nSPS) is 15.3. The average molecular weight is 475 g/mol. The van der Waals surface area contributed by atoms with Gasteiger partial charge in [0.2, 0.25) is 11.8 Å². The molecule has 1 aromatic carbocycles. The highest BCUT2D eigenvalue weighted by molar-refractivity contribution is 7.10. The maximum atomic E-state index is 13.5. The largest absolute Gasteiger partial charge is 0.493 e. The molecule has 0 radical (unpaired) electrons. The summed E-state index contributed by atoms with van der Waals surface area (Å²) in [6.45, 7) is 5.75. The number of para-hydroxylation sites is 2. The van der Waals surface area contributed by atoms with E-state index in [1.54, 1.807) is 30.5 Å². The van der Waals surface area contributed by atoms with Crippen LogP contribution in [0.2, 0.25) is 0 Å². The molecular weight excluding hydrogens is 440 g/mol. The zero-order valence-electron chi connectivity index (χ0n) is 19.9. The predicted octanol–water partition coefficient (Wildman–Crippen LogP) is 3.78. The standard InChI is InChI=1S/C25H34N2O5S/c1-18(2)25(29)26(12-7-14-30-3)16-24(28)27-13-10-23-19(11-15-33-23)20(27)17-32-22-9-6-5-8-21(22)31-4/h5-6,8-9,11,15,18,20H,7,10,12-14,16-17H2,1-4H3/t20-/m0/s1. The summed E-state index contributed by atoms with van der Waals surface area (Å²) >= 11 is 1.71. The Kier molecular flexibility index (Phi) is 9.14. The number of fused-ring (bicyclic) bond motifs is 1. The Bertz CT molecular complexity index is 929. The molecule has 0 unspecified atom stereocenters. The van der Waals surface area contributed by atoms with Crippen LogP contribution >= 0.6 is 11.3 Å². The molecule has 1 aliphatic rings. The highest BCUT2D eigenvalue weighted by atomic mass is 32.1. The second-order valence-electron chi connectivity index (χ2n) is 8.37. The van der Waals surface area contributed by atoms with E-state index < -0.39 is 0 Å². The molecule has 0 saturated heterocycles. The number of thiophene rings is 1. The summed E-state index contributed by atoms with van der Waals surface area (Å²) in [5.41, 5.74) is 1.12. The lowest BCUT2D eigenvalue weighted by molar-refractivity contribution is -0.144. The fourth-order valence-corrected chi connectivity index (χ4v) is 5.00. The van der Waals surface area contributed by atoms with E-state index in [1.807, 2.05) is 43.0 Å². The first-order chi connectivity index (χ1) is 16.0. The second kappa shape index (κ2) is 12.0. The number of amides is 2. The van der Waals surface area contributed by atoms with Crippen LogP contribution in [0.25, 0.3) is 0 Å². The molecule has 0 fully saturated rings. The molecule has 0 spiro atoms. The molecule has 0 saturated carbocycles. The van der Waals surface area contributed by atoms with Gasteiger partial charge in [0.25, 0.3) is 0 Å². The minimum absolute atomic E-state index is 0.0190. The Morgan fingerprint density at radius 3 is 2.64 bits per heavy atom. The van der Waals surface area contributed by atoms with Crippen LogP contribution in [0.15, 0.2) is 35.7 Å². The van der Waals surface area contributed by atoms with Crippen LogP contribution in [0, 0.1) is 5.92 Å². The molecule has 1 aromatic heterocycles. The third kappa shape index (κ3) is 6.26. The first kappa shape index (κ1) is 25.1. The summed E-state index contributed by atoms with van der Waals surface area (Å²) in [6, 6.07) is 9.36. The van der Waals surface area contributed by atoms with Crippen molar-refractivity contribution >= 4 is 23.2 Å². The Hall–Kier alpha value is -2.58. The lowest BCUT2D eigenvalue weighted by atomic mass is 10.00. The average Bonchev–Trinajstić information content (AvgIpc) is 3.30. The fraction of sp³-hybridized carbons (Fsp3) is 0.520. The molecule has 7 nitrogen and oxygen atoms in total. The Balaban J connectivity index is 1.77. The van der Waals surface area contributed by atoms with Crippen LogP contribution in [0.3, 0.4) is 0 Å². The molecule has 0 N–H and O–H groups in total. The van der Waals surface area contributed by atoms with Gasteiger partial charge in [-0.2, -0.15) is 0 Å². The summed E-state index contributed by atoms with van der Waals surface area (Å²) < 4.78 is 16.7. The molecule has 1 atom stereocenters. The lowest BCUT2D eigenvalue weighted by Crippen LogP contribution is -2.48. The number of rotatable bonds is 11. The van der Waals surface area contributed by atoms with E-state index in [2.05, 4.69) is 11.4 Å². The van der Waals surface area contributed by atoms with Crippen molar-refractivity contribution in [3.8, 4) is 11.5 Å². The molecule has 2 amide bonds. The van der Waals surface area contributed by atoms with Gasteiger partial charge in [0.05, 0.1) is 19.7 Å². The van der Waals surface area contributed by atoms with Gasteiger partial charge in [-0.1, -0.05) is 26.0 Å². The fourth-order valence-electron chi connectivity index (χ4n) is 4.07. The number of carbonyl (C=O) groups excluding carboxylic acids is 2. The first-order valence-corrected chi connectivity index (χ1v) is 12.2. The van der Waals surface area contributed by atoms with Crippen molar-refractivity contribution in [3.63, 3.8) is 0 Å². The van der Waals surface area contributed by atoms with Crippen LogP contribution in [0.1, 0.15) is 36.8 Å². The number of hydrogen-bond donors (Lipinski definition) is 0. The van der Waals surface area contributed by atoms with Gasteiger partial charge in [-0.05, 0) is 42.0 Å². The van der Waals surface area contributed by atoms with Crippen molar-refractivity contribution in [1.82, 2.24) is 9.80 Å². The van der Waals surface area contributed by atoms with Gasteiger partial charge >= 0.3 is 0 Å². The predicted molar refractivity (Wildman–Crippen MR) is 129 cm³/mol. The summed E-state index contributed by atoms with van der Waals surface area (Å²) in [4.78, 5) is 31.0. The van der Waals surface area contributed by atoms with Gasteiger partial charge in [-0.3, -0.25) is 9.59 Å². The monoisotopic (exact) mass is 474 g/mol. The molecule has 2 heterocycles. The van der Waals surface area contributed by atoms with Gasteiger partial charge in [0, 0.05) is 37.6 Å². The van der Waals surface area contributed by atoms with E-state index in [1.165, 1.54) is 4.88 Å². The van der Waals surface area contributed by atoms with Gasteiger partial charge in [-0.15, -0.1) is 11.3 Å². The third-order valence-corrected chi connectivity index (χ3v) is 6.79. The van der Waals surface area contributed by atoms with E-state index in [-0.39, 0.29) is 30.3 Å². The summed E-state index contributed by atoms with van der Waals surface area (Å²) in [6.07, 6.45) is 1.50. The quantitative estimate of drug-likeness (QED) is 0.464. The van der Waals surface area contributed by atoms with E-state index in [0.717, 1.165) is 12.0 Å². The molecule has 0 bridgehead atoms. The number of nitrogens with zero attached hydrogens (tertiary/aromatic N) is 2. The van der Waals surface area contributed by atoms with Gasteiger partial charge in [0.15, 0.2) is 11.5 Å². The van der Waals surface area contributed by atoms with Gasteiger partial charge in [-0.25, -0.2) is 0 Å². The number of hydrogen-bond acceptors (Lipinski definition) is 6. The Labute approximate surface area is 200 Å². The number of benzene rings is 1. The molecule has 33 heavy (non-hydrogen) atoms. The van der Waals surface area contributed by atoms with Gasteiger partial charge < -0.3 is 24.0 Å². The van der Waals surface area contributed by atoms with Crippen LogP contribution in [0.5, 0.6) is 11.5 Å². The minimum atomic E-state index is -0.215. The Morgan fingerprint density at radius 2 is 1.94 bits per heavy atom. The molecular formula is C25H34N2O5S. The van der Waals surface area contributed by atoms with Gasteiger partial charge in [0.1, 0.15) is 6.61 Å². The first-order valence-electron chi connectivity index (χ1n) is 11.4. The van der Waals surface area contributed by atoms with E-state index in [0.29, 0.717) is 44.2 Å². The summed E-state index contributed by atoms with van der Waals surface area (Å²) in [5, 5.41) is 2.06. The highest BCUT2D eigenvalue weighted by Gasteiger charge is 2.33. The van der Waals surface area contributed by atoms with Crippen molar-refractivity contribution in [2.45, 2.75) is 32.7 Å². The van der Waals surface area contributed by atoms with Crippen molar-refractivity contribution < 1.29 is 23.8 Å². The molecule has 1 aliphatic heterocycles. The van der Waals surface area contributed by atoms with Crippen molar-refractivity contribution in [3.05, 3.63) is 46.2 Å². The van der Waals surface area contributed by atoms with E-state index in [4.69, 9.17) is 14.2 Å². The summed E-state index contributed by atoms with van der Waals surface area (Å²) in [7, 11) is 3.25. The summed E-state index contributed by atoms with van der Waals surface area (Å²) in [5.74, 6) is 1.05. The Morgan fingerprint density at radius 1 is 1.18 bits per heavy atom. The molecule has 0 aliphatic carbocycles. The molecule has 8 heteroatoms. The number of ether oxygens (including phenoxy) is 3. The van der Waals surface area contributed by atoms with Crippen molar-refractivity contribution in [1.29, 1.82) is 0 Å². The van der Waals surface area contributed by atoms with Crippen LogP contribution in [-0.4, -0.2) is 68.7 Å². The third-order valence-electron chi connectivity index (χ3n) is 5.79. The highest BCUT2D eigenvalue weighted by Crippen LogP contribution is 2.35. The van der Waals surface area contributed by atoms with Crippen LogP contribution in [0.4, 0.5) is 0 Å². The topological polar surface area (TPSA) is 68.3 Å². The SMILES string of the molecule is COCCCN(CC(=O)N1CCc2sccc2[C@@H]1COc1ccccc1OC)C(=O)C(C)C. The van der Waals surface area contributed by atoms with E-state index >= 15 is 0 Å². The zero-order valence-corrected chi connectivity index (χ0v) is 20.7. The van der Waals surface area contributed by atoms with Crippen LogP contribution in [-0.2, 0) is 20.7 Å². The molecule has 2 aromatic rings. The van der Waals surface area contributed by atoms with Crippen molar-refractivity contribution in [2.24, 2.45) is 5.92 Å². The number of carbonyl (C=O) groups is 2. The van der Waals surface area contributed by atoms with Crippen LogP contribution < -0.4 is 9.47 Å². The zero-order chi connectivity index (χ0) is 23.8. The molecule has 3 rings (SSSR count).